The van der Waals surface area contributed by atoms with Gasteiger partial charge in [0.25, 0.3) is 5.56 Å². The number of anilines is 2. The zero-order valence-corrected chi connectivity index (χ0v) is 20.8. The summed E-state index contributed by atoms with van der Waals surface area (Å²) in [4.78, 5) is 22.4. The highest BCUT2D eigenvalue weighted by molar-refractivity contribution is 6.36. The third-order valence-electron chi connectivity index (χ3n) is 7.34. The number of nitrogens with zero attached hydrogens (tertiary/aromatic N) is 6. The van der Waals surface area contributed by atoms with Crippen LogP contribution in [0.1, 0.15) is 43.2 Å². The summed E-state index contributed by atoms with van der Waals surface area (Å²) in [7, 11) is 1.81. The van der Waals surface area contributed by atoms with Crippen LogP contribution in [0.15, 0.2) is 53.8 Å². The van der Waals surface area contributed by atoms with E-state index in [1.165, 1.54) is 6.20 Å². The molecule has 11 heteroatoms. The smallest absolute Gasteiger partial charge is 0.274 e. The standard InChI is InChI=1S/C26H24ClN7O3/c1-32-23-22(27)21(37-20-12-29-34-9-3-2-4-18(20)34)11-28-24(23)31-26(32)30-16-10-15(14-5-6-14)13-33(25(16)36)17-7-8-19(17)35/h2-4,9-14,17,19,35H,5-8H2,1H3,(H,28,30,31)/t17-,19-/m1/s1. The maximum atomic E-state index is 13.4. The highest BCUT2D eigenvalue weighted by Gasteiger charge is 2.33. The zero-order valence-electron chi connectivity index (χ0n) is 20.0. The molecule has 0 unspecified atom stereocenters. The van der Waals surface area contributed by atoms with Gasteiger partial charge in [-0.15, -0.1) is 0 Å². The SMILES string of the molecule is Cn1c(Nc2cc(C3CC3)cn([C@@H]3CC[C@H]3O)c2=O)nc2ncc(Oc3cnn4ccccc34)c(Cl)c21. The molecule has 5 heterocycles. The fraction of sp³-hybridized carbons (Fsp3) is 0.308. The topological polar surface area (TPSA) is 112 Å². The molecule has 2 aliphatic rings. The monoisotopic (exact) mass is 517 g/mol. The second kappa shape index (κ2) is 8.32. The number of nitrogens with one attached hydrogen (secondary N) is 1. The number of fused-ring (bicyclic) bond motifs is 2. The lowest BCUT2D eigenvalue weighted by atomic mass is 9.88. The molecule has 2 fully saturated rings. The van der Waals surface area contributed by atoms with Gasteiger partial charge in [-0.25, -0.2) is 9.50 Å². The van der Waals surface area contributed by atoms with Gasteiger partial charge in [-0.3, -0.25) is 4.79 Å². The lowest BCUT2D eigenvalue weighted by molar-refractivity contribution is 0.0299. The van der Waals surface area contributed by atoms with E-state index in [9.17, 15) is 9.90 Å². The van der Waals surface area contributed by atoms with E-state index < -0.39 is 6.10 Å². The van der Waals surface area contributed by atoms with Gasteiger partial charge in [-0.2, -0.15) is 10.1 Å². The molecule has 7 rings (SSSR count). The van der Waals surface area contributed by atoms with Gasteiger partial charge in [-0.05, 0) is 55.4 Å². The Bertz CT molecular complexity index is 1740. The van der Waals surface area contributed by atoms with Crippen molar-refractivity contribution >= 4 is 39.9 Å². The second-order valence-corrected chi connectivity index (χ2v) is 10.1. The number of halogens is 1. The molecule has 5 aromatic heterocycles. The summed E-state index contributed by atoms with van der Waals surface area (Å²) in [6.45, 7) is 0. The molecule has 0 spiro atoms. The van der Waals surface area contributed by atoms with Crippen LogP contribution in [0.25, 0.3) is 16.7 Å². The van der Waals surface area contributed by atoms with Gasteiger partial charge in [0.1, 0.15) is 21.7 Å². The van der Waals surface area contributed by atoms with Crippen molar-refractivity contribution < 1.29 is 9.84 Å². The number of aliphatic hydroxyl groups is 1. The number of imidazole rings is 1. The maximum Gasteiger partial charge on any atom is 0.274 e. The third-order valence-corrected chi connectivity index (χ3v) is 7.70. The molecule has 2 aliphatic carbocycles. The van der Waals surface area contributed by atoms with Crippen LogP contribution in [0.5, 0.6) is 11.5 Å². The first kappa shape index (κ1) is 22.3. The van der Waals surface area contributed by atoms with Crippen LogP contribution in [0.3, 0.4) is 0 Å². The van der Waals surface area contributed by atoms with Gasteiger partial charge >= 0.3 is 0 Å². The quantitative estimate of drug-likeness (QED) is 0.340. The molecule has 0 bridgehead atoms. The predicted molar refractivity (Wildman–Crippen MR) is 139 cm³/mol. The van der Waals surface area contributed by atoms with Crippen molar-refractivity contribution in [2.24, 2.45) is 7.05 Å². The Balaban J connectivity index is 1.26. The van der Waals surface area contributed by atoms with Crippen LogP contribution in [0.4, 0.5) is 11.6 Å². The fourth-order valence-corrected chi connectivity index (χ4v) is 5.21. The highest BCUT2D eigenvalue weighted by Crippen LogP contribution is 2.42. The molecular formula is C26H24ClN7O3. The number of pyridine rings is 3. The molecular weight excluding hydrogens is 494 g/mol. The van der Waals surface area contributed by atoms with Crippen molar-refractivity contribution in [1.82, 2.24) is 28.7 Å². The van der Waals surface area contributed by atoms with Crippen molar-refractivity contribution in [3.63, 3.8) is 0 Å². The fourth-order valence-electron chi connectivity index (χ4n) is 4.91. The molecule has 0 aromatic carbocycles. The predicted octanol–water partition coefficient (Wildman–Crippen LogP) is 4.54. The number of ether oxygens (including phenoxy) is 1. The first-order valence-electron chi connectivity index (χ1n) is 12.3. The molecule has 2 saturated carbocycles. The molecule has 188 valence electrons. The molecule has 0 saturated heterocycles. The van der Waals surface area contributed by atoms with Gasteiger partial charge in [0, 0.05) is 19.4 Å². The van der Waals surface area contributed by atoms with E-state index in [1.807, 2.05) is 43.7 Å². The van der Waals surface area contributed by atoms with Crippen molar-refractivity contribution in [2.75, 3.05) is 5.32 Å². The Hall–Kier alpha value is -3.89. The van der Waals surface area contributed by atoms with Gasteiger partial charge in [0.2, 0.25) is 5.95 Å². The number of rotatable bonds is 6. The second-order valence-electron chi connectivity index (χ2n) is 9.76. The average Bonchev–Trinajstić information content (AvgIpc) is 3.59. The zero-order chi connectivity index (χ0) is 25.3. The first-order chi connectivity index (χ1) is 18.0. The summed E-state index contributed by atoms with van der Waals surface area (Å²) in [5.74, 6) is 1.81. The lowest BCUT2D eigenvalue weighted by Gasteiger charge is -2.34. The molecule has 0 radical (unpaired) electrons. The summed E-state index contributed by atoms with van der Waals surface area (Å²) in [6, 6.07) is 7.40. The average molecular weight is 518 g/mol. The Kier molecular flexibility index (Phi) is 5.02. The van der Waals surface area contributed by atoms with E-state index >= 15 is 0 Å². The lowest BCUT2D eigenvalue weighted by Crippen LogP contribution is -2.39. The minimum Gasteiger partial charge on any atom is -0.450 e. The number of hydrogen-bond acceptors (Lipinski definition) is 7. The van der Waals surface area contributed by atoms with Crippen molar-refractivity contribution in [2.45, 2.75) is 43.7 Å². The Morgan fingerprint density at radius 3 is 2.78 bits per heavy atom. The number of aromatic nitrogens is 6. The summed E-state index contributed by atoms with van der Waals surface area (Å²) in [5.41, 5.74) is 3.13. The molecule has 5 aromatic rings. The van der Waals surface area contributed by atoms with Gasteiger partial charge < -0.3 is 24.3 Å². The van der Waals surface area contributed by atoms with E-state index in [1.54, 1.807) is 19.8 Å². The van der Waals surface area contributed by atoms with Crippen molar-refractivity contribution in [3.05, 3.63) is 70.0 Å². The van der Waals surface area contributed by atoms with Crippen LogP contribution in [0, 0.1) is 0 Å². The van der Waals surface area contributed by atoms with Crippen LogP contribution < -0.4 is 15.6 Å². The Morgan fingerprint density at radius 2 is 2.03 bits per heavy atom. The molecule has 10 nitrogen and oxygen atoms in total. The van der Waals surface area contributed by atoms with E-state index in [-0.39, 0.29) is 11.6 Å². The molecule has 2 atom stereocenters. The summed E-state index contributed by atoms with van der Waals surface area (Å²) in [5, 5.41) is 18.1. The van der Waals surface area contributed by atoms with Crippen LogP contribution in [-0.2, 0) is 7.05 Å². The largest absolute Gasteiger partial charge is 0.450 e. The van der Waals surface area contributed by atoms with Gasteiger partial charge in [0.05, 0.1) is 24.5 Å². The molecule has 0 amide bonds. The van der Waals surface area contributed by atoms with E-state index in [4.69, 9.17) is 16.3 Å². The van der Waals surface area contributed by atoms with Gasteiger partial charge in [-0.1, -0.05) is 17.7 Å². The number of hydrogen-bond donors (Lipinski definition) is 2. The summed E-state index contributed by atoms with van der Waals surface area (Å²) < 4.78 is 11.2. The van der Waals surface area contributed by atoms with Crippen LogP contribution in [0.2, 0.25) is 5.02 Å². The van der Waals surface area contributed by atoms with E-state index in [0.29, 0.717) is 51.7 Å². The van der Waals surface area contributed by atoms with Crippen molar-refractivity contribution in [3.8, 4) is 11.5 Å². The number of aliphatic hydroxyl groups excluding tert-OH is 1. The summed E-state index contributed by atoms with van der Waals surface area (Å²) in [6.07, 6.45) is 10.1. The maximum absolute atomic E-state index is 13.4. The first-order valence-corrected chi connectivity index (χ1v) is 12.7. The number of aryl methyl sites for hydroxylation is 1. The Morgan fingerprint density at radius 1 is 1.16 bits per heavy atom. The third kappa shape index (κ3) is 3.67. The minimum absolute atomic E-state index is 0.184. The highest BCUT2D eigenvalue weighted by atomic mass is 35.5. The summed E-state index contributed by atoms with van der Waals surface area (Å²) >= 11 is 6.77. The van der Waals surface area contributed by atoms with Crippen molar-refractivity contribution in [1.29, 1.82) is 0 Å². The minimum atomic E-state index is -0.495. The van der Waals surface area contributed by atoms with Gasteiger partial charge in [0.15, 0.2) is 17.1 Å². The molecule has 0 aliphatic heterocycles. The van der Waals surface area contributed by atoms with Crippen LogP contribution >= 0.6 is 11.6 Å². The molecule has 2 N–H and O–H groups in total. The van der Waals surface area contributed by atoms with Crippen LogP contribution in [-0.4, -0.2) is 39.9 Å². The molecule has 37 heavy (non-hydrogen) atoms. The van der Waals surface area contributed by atoms with E-state index in [0.717, 1.165) is 30.3 Å². The van der Waals surface area contributed by atoms with E-state index in [2.05, 4.69) is 20.4 Å². The Labute approximate surface area is 216 Å². The normalized spacial score (nSPS) is 19.3.